The molecule has 0 saturated carbocycles. The fourth-order valence-corrected chi connectivity index (χ4v) is 1.17. The fraction of sp³-hybridized carbons (Fsp3) is 0. The molecule has 0 saturated heterocycles. The van der Waals surface area contributed by atoms with Crippen LogP contribution in [0.2, 0.25) is 0 Å². The van der Waals surface area contributed by atoms with Crippen LogP contribution in [0.5, 0.6) is 0 Å². The minimum absolute atomic E-state index is 0.0724. The first-order valence-corrected chi connectivity index (χ1v) is 3.87. The SMILES string of the molecule is O=C([O-])c1ccccc1-c1conn1. The van der Waals surface area contributed by atoms with Gasteiger partial charge >= 0.3 is 0 Å². The topological polar surface area (TPSA) is 79.0 Å². The fourth-order valence-electron chi connectivity index (χ4n) is 1.17. The summed E-state index contributed by atoms with van der Waals surface area (Å²) in [6, 6.07) is 6.38. The molecule has 0 N–H and O–H groups in total. The van der Waals surface area contributed by atoms with Crippen molar-refractivity contribution < 1.29 is 14.4 Å². The van der Waals surface area contributed by atoms with Gasteiger partial charge in [-0.05, 0) is 0 Å². The number of rotatable bonds is 2. The summed E-state index contributed by atoms with van der Waals surface area (Å²) in [4.78, 5) is 10.7. The van der Waals surface area contributed by atoms with Gasteiger partial charge in [0.25, 0.3) is 0 Å². The molecule has 0 atom stereocenters. The number of carboxylic acids is 1. The number of carbonyl (C=O) groups is 1. The zero-order chi connectivity index (χ0) is 9.97. The molecule has 2 rings (SSSR count). The zero-order valence-corrected chi connectivity index (χ0v) is 7.01. The Morgan fingerprint density at radius 2 is 2.14 bits per heavy atom. The standard InChI is InChI=1S/C9H6N2O3/c12-9(13)7-4-2-1-3-6(7)8-5-14-11-10-8/h1-5H,(H,12,13)/p-1. The van der Waals surface area contributed by atoms with E-state index >= 15 is 0 Å². The van der Waals surface area contributed by atoms with Crippen LogP contribution in [0, 0.1) is 0 Å². The van der Waals surface area contributed by atoms with Crippen LogP contribution in [0.15, 0.2) is 35.1 Å². The molecule has 5 nitrogen and oxygen atoms in total. The number of benzene rings is 1. The molecule has 0 unspecified atom stereocenters. The lowest BCUT2D eigenvalue weighted by Crippen LogP contribution is -2.22. The van der Waals surface area contributed by atoms with E-state index in [-0.39, 0.29) is 5.56 Å². The molecule has 1 aromatic carbocycles. The molecule has 0 aliphatic carbocycles. The number of carboxylic acid groups (broad SMARTS) is 1. The van der Waals surface area contributed by atoms with Crippen LogP contribution < -0.4 is 5.11 Å². The zero-order valence-electron chi connectivity index (χ0n) is 7.01. The predicted molar refractivity (Wildman–Crippen MR) is 44.1 cm³/mol. The van der Waals surface area contributed by atoms with Gasteiger partial charge in [0.15, 0.2) is 6.26 Å². The largest absolute Gasteiger partial charge is 0.545 e. The van der Waals surface area contributed by atoms with Crippen molar-refractivity contribution in [3.8, 4) is 11.3 Å². The first-order chi connectivity index (χ1) is 6.79. The Hall–Kier alpha value is -2.17. The maximum Gasteiger partial charge on any atom is 0.152 e. The van der Waals surface area contributed by atoms with E-state index in [0.29, 0.717) is 11.3 Å². The van der Waals surface area contributed by atoms with Crippen LogP contribution in [0.25, 0.3) is 11.3 Å². The molecule has 1 aromatic heterocycles. The maximum absolute atomic E-state index is 10.7. The summed E-state index contributed by atoms with van der Waals surface area (Å²) in [5.74, 6) is -1.25. The number of aromatic nitrogens is 2. The molecule has 0 amide bonds. The van der Waals surface area contributed by atoms with Crippen molar-refractivity contribution in [3.63, 3.8) is 0 Å². The summed E-state index contributed by atoms with van der Waals surface area (Å²) in [7, 11) is 0. The van der Waals surface area contributed by atoms with Gasteiger partial charge in [0.1, 0.15) is 5.69 Å². The average molecular weight is 189 g/mol. The molecule has 0 aliphatic heterocycles. The number of carbonyl (C=O) groups excluding carboxylic acids is 1. The van der Waals surface area contributed by atoms with Crippen LogP contribution >= 0.6 is 0 Å². The smallest absolute Gasteiger partial charge is 0.152 e. The molecule has 5 heteroatoms. The summed E-state index contributed by atoms with van der Waals surface area (Å²) < 4.78 is 4.53. The Morgan fingerprint density at radius 3 is 2.79 bits per heavy atom. The number of nitrogens with zero attached hydrogens (tertiary/aromatic N) is 2. The van der Waals surface area contributed by atoms with Crippen molar-refractivity contribution >= 4 is 5.97 Å². The highest BCUT2D eigenvalue weighted by Gasteiger charge is 2.07. The van der Waals surface area contributed by atoms with Crippen molar-refractivity contribution in [2.45, 2.75) is 0 Å². The van der Waals surface area contributed by atoms with E-state index in [9.17, 15) is 9.90 Å². The predicted octanol–water partition coefficient (Wildman–Crippen LogP) is 0.100. The van der Waals surface area contributed by atoms with E-state index in [1.54, 1.807) is 18.2 Å². The summed E-state index contributed by atoms with van der Waals surface area (Å²) >= 11 is 0. The molecule has 0 bridgehead atoms. The van der Waals surface area contributed by atoms with Gasteiger partial charge < -0.3 is 14.4 Å². The van der Waals surface area contributed by atoms with E-state index in [1.807, 2.05) is 0 Å². The van der Waals surface area contributed by atoms with Gasteiger partial charge in [-0.1, -0.05) is 24.3 Å². The van der Waals surface area contributed by atoms with Crippen molar-refractivity contribution in [2.24, 2.45) is 0 Å². The molecule has 1 heterocycles. The molecular formula is C9H5N2O3-. The van der Waals surface area contributed by atoms with E-state index in [0.717, 1.165) is 0 Å². The van der Waals surface area contributed by atoms with E-state index in [4.69, 9.17) is 0 Å². The van der Waals surface area contributed by atoms with Crippen molar-refractivity contribution in [1.29, 1.82) is 0 Å². The van der Waals surface area contributed by atoms with Crippen LogP contribution in [-0.2, 0) is 0 Å². The van der Waals surface area contributed by atoms with Gasteiger partial charge in [-0.3, -0.25) is 0 Å². The Bertz CT molecular complexity index is 451. The van der Waals surface area contributed by atoms with E-state index < -0.39 is 5.97 Å². The maximum atomic E-state index is 10.7. The van der Waals surface area contributed by atoms with Crippen LogP contribution in [0.1, 0.15) is 10.4 Å². The second kappa shape index (κ2) is 3.29. The van der Waals surface area contributed by atoms with Crippen molar-refractivity contribution in [2.75, 3.05) is 0 Å². The highest BCUT2D eigenvalue weighted by atomic mass is 16.5. The Labute approximate surface area is 79.0 Å². The van der Waals surface area contributed by atoms with E-state index in [1.165, 1.54) is 12.3 Å². The first kappa shape index (κ1) is 8.43. The molecule has 0 radical (unpaired) electrons. The average Bonchev–Trinajstić information content (AvgIpc) is 2.70. The summed E-state index contributed by atoms with van der Waals surface area (Å²) in [5, 5.41) is 17.6. The number of hydrogen-bond acceptors (Lipinski definition) is 5. The summed E-state index contributed by atoms with van der Waals surface area (Å²) in [5.41, 5.74) is 0.891. The quantitative estimate of drug-likeness (QED) is 0.669. The minimum atomic E-state index is -1.25. The second-order valence-electron chi connectivity index (χ2n) is 2.62. The van der Waals surface area contributed by atoms with Gasteiger partial charge in [-0.15, -0.1) is 5.10 Å². The van der Waals surface area contributed by atoms with Crippen LogP contribution in [0.4, 0.5) is 0 Å². The lowest BCUT2D eigenvalue weighted by Gasteiger charge is -2.06. The molecule has 70 valence electrons. The molecular weight excluding hydrogens is 184 g/mol. The highest BCUT2D eigenvalue weighted by Crippen LogP contribution is 2.20. The molecule has 2 aromatic rings. The summed E-state index contributed by atoms with van der Waals surface area (Å²) in [6.07, 6.45) is 1.28. The van der Waals surface area contributed by atoms with Crippen molar-refractivity contribution in [1.82, 2.24) is 10.4 Å². The van der Waals surface area contributed by atoms with Gasteiger partial charge in [-0.2, -0.15) is 0 Å². The monoisotopic (exact) mass is 189 g/mol. The third kappa shape index (κ3) is 1.35. The third-order valence-electron chi connectivity index (χ3n) is 1.78. The normalized spacial score (nSPS) is 10.0. The Morgan fingerprint density at radius 1 is 1.36 bits per heavy atom. The lowest BCUT2D eigenvalue weighted by molar-refractivity contribution is -0.254. The third-order valence-corrected chi connectivity index (χ3v) is 1.78. The van der Waals surface area contributed by atoms with Gasteiger partial charge in [-0.25, -0.2) is 0 Å². The first-order valence-electron chi connectivity index (χ1n) is 3.87. The van der Waals surface area contributed by atoms with Gasteiger partial charge in [0.05, 0.1) is 5.97 Å². The van der Waals surface area contributed by atoms with E-state index in [2.05, 4.69) is 14.9 Å². The minimum Gasteiger partial charge on any atom is -0.545 e. The van der Waals surface area contributed by atoms with Gasteiger partial charge in [0.2, 0.25) is 0 Å². The highest BCUT2D eigenvalue weighted by molar-refractivity contribution is 5.93. The Balaban J connectivity index is 2.58. The van der Waals surface area contributed by atoms with Gasteiger partial charge in [0, 0.05) is 16.4 Å². The molecule has 0 aliphatic rings. The number of hydrogen-bond donors (Lipinski definition) is 0. The van der Waals surface area contributed by atoms with Crippen LogP contribution in [0.3, 0.4) is 0 Å². The lowest BCUT2D eigenvalue weighted by atomic mass is 10.1. The molecule has 0 fully saturated rings. The molecule has 0 spiro atoms. The van der Waals surface area contributed by atoms with Crippen LogP contribution in [-0.4, -0.2) is 16.3 Å². The number of aromatic carboxylic acids is 1. The molecule has 14 heavy (non-hydrogen) atoms. The Kier molecular flexibility index (Phi) is 1.98. The van der Waals surface area contributed by atoms with Crippen molar-refractivity contribution in [3.05, 3.63) is 36.1 Å². The second-order valence-corrected chi connectivity index (χ2v) is 2.62. The summed E-state index contributed by atoms with van der Waals surface area (Å²) in [6.45, 7) is 0.